The SMILES string of the molecule is N[C@H](CCF)c1ccc(Br)c(Br)c1. The number of nitrogens with two attached hydrogens (primary N) is 1. The molecule has 0 amide bonds. The fourth-order valence-corrected chi connectivity index (χ4v) is 1.67. The minimum absolute atomic E-state index is 0.214. The van der Waals surface area contributed by atoms with Gasteiger partial charge >= 0.3 is 0 Å². The average molecular weight is 311 g/mol. The Labute approximate surface area is 93.8 Å². The third-order valence-electron chi connectivity index (χ3n) is 1.79. The van der Waals surface area contributed by atoms with Gasteiger partial charge in [0.2, 0.25) is 0 Å². The smallest absolute Gasteiger partial charge is 0.0912 e. The highest BCUT2D eigenvalue weighted by Gasteiger charge is 2.06. The molecule has 2 N–H and O–H groups in total. The van der Waals surface area contributed by atoms with Crippen LogP contribution < -0.4 is 5.73 Å². The van der Waals surface area contributed by atoms with Gasteiger partial charge in [-0.3, -0.25) is 4.39 Å². The quantitative estimate of drug-likeness (QED) is 0.907. The van der Waals surface area contributed by atoms with Gasteiger partial charge in [-0.15, -0.1) is 0 Å². The van der Waals surface area contributed by atoms with Crippen LogP contribution in [0, 0.1) is 0 Å². The highest BCUT2D eigenvalue weighted by molar-refractivity contribution is 9.13. The van der Waals surface area contributed by atoms with Crippen molar-refractivity contribution in [2.24, 2.45) is 5.73 Å². The first-order chi connectivity index (χ1) is 6.15. The van der Waals surface area contributed by atoms with Gasteiger partial charge in [-0.2, -0.15) is 0 Å². The van der Waals surface area contributed by atoms with Gasteiger partial charge in [-0.1, -0.05) is 6.07 Å². The molecular formula is C9H10Br2FN. The lowest BCUT2D eigenvalue weighted by Crippen LogP contribution is -2.10. The molecule has 13 heavy (non-hydrogen) atoms. The molecule has 4 heteroatoms. The van der Waals surface area contributed by atoms with Crippen LogP contribution in [0.3, 0.4) is 0 Å². The van der Waals surface area contributed by atoms with Crippen LogP contribution in [0.5, 0.6) is 0 Å². The summed E-state index contributed by atoms with van der Waals surface area (Å²) in [5.41, 5.74) is 6.70. The Morgan fingerprint density at radius 2 is 2.00 bits per heavy atom. The van der Waals surface area contributed by atoms with E-state index in [0.29, 0.717) is 6.42 Å². The highest BCUT2D eigenvalue weighted by Crippen LogP contribution is 2.26. The van der Waals surface area contributed by atoms with Crippen molar-refractivity contribution in [1.82, 2.24) is 0 Å². The van der Waals surface area contributed by atoms with Gasteiger partial charge in [0.15, 0.2) is 0 Å². The van der Waals surface area contributed by atoms with Crippen LogP contribution in [0.1, 0.15) is 18.0 Å². The summed E-state index contributed by atoms with van der Waals surface area (Å²) in [6.45, 7) is -0.380. The number of halogens is 3. The van der Waals surface area contributed by atoms with Crippen LogP contribution in [0.2, 0.25) is 0 Å². The molecule has 0 aliphatic carbocycles. The standard InChI is InChI=1S/C9H10Br2FN/c10-7-2-1-6(5-8(7)11)9(13)3-4-12/h1-2,5,9H,3-4,13H2/t9-/m1/s1. The number of alkyl halides is 1. The van der Waals surface area contributed by atoms with Gasteiger partial charge in [-0.25, -0.2) is 0 Å². The zero-order valence-electron chi connectivity index (χ0n) is 6.93. The normalized spacial score (nSPS) is 12.9. The second-order valence-corrected chi connectivity index (χ2v) is 4.47. The average Bonchev–Trinajstić information content (AvgIpc) is 2.10. The molecule has 0 saturated carbocycles. The molecule has 0 bridgehead atoms. The molecule has 72 valence electrons. The third kappa shape index (κ3) is 3.04. The van der Waals surface area contributed by atoms with E-state index in [1.54, 1.807) is 0 Å². The number of hydrogen-bond acceptors (Lipinski definition) is 1. The second-order valence-electron chi connectivity index (χ2n) is 2.76. The molecule has 0 heterocycles. The van der Waals surface area contributed by atoms with E-state index in [4.69, 9.17) is 5.73 Å². The predicted molar refractivity (Wildman–Crippen MR) is 59.4 cm³/mol. The molecule has 1 aromatic carbocycles. The van der Waals surface area contributed by atoms with E-state index < -0.39 is 0 Å². The van der Waals surface area contributed by atoms with E-state index in [0.717, 1.165) is 14.5 Å². The first-order valence-electron chi connectivity index (χ1n) is 3.91. The van der Waals surface area contributed by atoms with Crippen LogP contribution in [-0.2, 0) is 0 Å². The topological polar surface area (TPSA) is 26.0 Å². The van der Waals surface area contributed by atoms with Gasteiger partial charge in [0.05, 0.1) is 6.67 Å². The van der Waals surface area contributed by atoms with E-state index in [2.05, 4.69) is 31.9 Å². The van der Waals surface area contributed by atoms with E-state index in [9.17, 15) is 4.39 Å². The van der Waals surface area contributed by atoms with Crippen molar-refractivity contribution in [3.63, 3.8) is 0 Å². The molecule has 1 nitrogen and oxygen atoms in total. The molecule has 0 spiro atoms. The maximum absolute atomic E-state index is 12.0. The lowest BCUT2D eigenvalue weighted by atomic mass is 10.1. The Morgan fingerprint density at radius 3 is 2.54 bits per heavy atom. The van der Waals surface area contributed by atoms with Crippen molar-refractivity contribution >= 4 is 31.9 Å². The summed E-state index contributed by atoms with van der Waals surface area (Å²) < 4.78 is 13.9. The van der Waals surface area contributed by atoms with Crippen molar-refractivity contribution in [3.05, 3.63) is 32.7 Å². The Morgan fingerprint density at radius 1 is 1.31 bits per heavy atom. The van der Waals surface area contributed by atoms with Gasteiger partial charge in [0.25, 0.3) is 0 Å². The lowest BCUT2D eigenvalue weighted by molar-refractivity contribution is 0.442. The lowest BCUT2D eigenvalue weighted by Gasteiger charge is -2.10. The molecule has 0 aromatic heterocycles. The van der Waals surface area contributed by atoms with E-state index >= 15 is 0 Å². The highest BCUT2D eigenvalue weighted by atomic mass is 79.9. The Bertz CT molecular complexity index is 291. The first kappa shape index (κ1) is 11.1. The number of benzene rings is 1. The number of rotatable bonds is 3. The Kier molecular flexibility index (Phi) is 4.35. The van der Waals surface area contributed by atoms with E-state index in [1.165, 1.54) is 0 Å². The predicted octanol–water partition coefficient (Wildman–Crippen LogP) is 3.57. The van der Waals surface area contributed by atoms with E-state index in [-0.39, 0.29) is 12.7 Å². The van der Waals surface area contributed by atoms with E-state index in [1.807, 2.05) is 18.2 Å². The van der Waals surface area contributed by atoms with Crippen LogP contribution in [0.15, 0.2) is 27.1 Å². The summed E-state index contributed by atoms with van der Waals surface area (Å²) in [5.74, 6) is 0. The molecule has 0 radical (unpaired) electrons. The van der Waals surface area contributed by atoms with Crippen LogP contribution in [0.4, 0.5) is 4.39 Å². The zero-order chi connectivity index (χ0) is 9.84. The minimum Gasteiger partial charge on any atom is -0.324 e. The number of hydrogen-bond donors (Lipinski definition) is 1. The van der Waals surface area contributed by atoms with Crippen molar-refractivity contribution in [1.29, 1.82) is 0 Å². The van der Waals surface area contributed by atoms with Crippen molar-refractivity contribution < 1.29 is 4.39 Å². The molecular weight excluding hydrogens is 301 g/mol. The van der Waals surface area contributed by atoms with Gasteiger partial charge in [-0.05, 0) is 56.0 Å². The first-order valence-corrected chi connectivity index (χ1v) is 5.50. The molecule has 0 saturated heterocycles. The maximum Gasteiger partial charge on any atom is 0.0912 e. The molecule has 0 aliphatic rings. The summed E-state index contributed by atoms with van der Waals surface area (Å²) in [5, 5.41) is 0. The van der Waals surface area contributed by atoms with Crippen LogP contribution in [0.25, 0.3) is 0 Å². The van der Waals surface area contributed by atoms with Crippen molar-refractivity contribution in [3.8, 4) is 0 Å². The minimum atomic E-state index is -0.380. The van der Waals surface area contributed by atoms with Gasteiger partial charge < -0.3 is 5.73 Å². The summed E-state index contributed by atoms with van der Waals surface area (Å²) in [6, 6.07) is 5.49. The summed E-state index contributed by atoms with van der Waals surface area (Å²) in [4.78, 5) is 0. The summed E-state index contributed by atoms with van der Waals surface area (Å²) in [7, 11) is 0. The van der Waals surface area contributed by atoms with Crippen LogP contribution >= 0.6 is 31.9 Å². The fraction of sp³-hybridized carbons (Fsp3) is 0.333. The zero-order valence-corrected chi connectivity index (χ0v) is 10.1. The van der Waals surface area contributed by atoms with Crippen molar-refractivity contribution in [2.45, 2.75) is 12.5 Å². The Hall–Kier alpha value is 0.0700. The van der Waals surface area contributed by atoms with Gasteiger partial charge in [0, 0.05) is 15.0 Å². The monoisotopic (exact) mass is 309 g/mol. The molecule has 0 unspecified atom stereocenters. The molecule has 0 aliphatic heterocycles. The third-order valence-corrected chi connectivity index (χ3v) is 3.67. The summed E-state index contributed by atoms with van der Waals surface area (Å²) >= 11 is 6.72. The Balaban J connectivity index is 2.84. The maximum atomic E-state index is 12.0. The van der Waals surface area contributed by atoms with Crippen molar-refractivity contribution in [2.75, 3.05) is 6.67 Å². The molecule has 1 atom stereocenters. The molecule has 1 aromatic rings. The largest absolute Gasteiger partial charge is 0.324 e. The van der Waals surface area contributed by atoms with Crippen LogP contribution in [-0.4, -0.2) is 6.67 Å². The second kappa shape index (κ2) is 5.08. The summed E-state index contributed by atoms with van der Waals surface area (Å²) in [6.07, 6.45) is 0.369. The van der Waals surface area contributed by atoms with Gasteiger partial charge in [0.1, 0.15) is 0 Å². The fourth-order valence-electron chi connectivity index (χ4n) is 1.03. The molecule has 1 rings (SSSR count). The molecule has 0 fully saturated rings.